The van der Waals surface area contributed by atoms with Gasteiger partial charge in [-0.25, -0.2) is 0 Å². The van der Waals surface area contributed by atoms with Gasteiger partial charge >= 0.3 is 0 Å². The van der Waals surface area contributed by atoms with E-state index in [1.165, 1.54) is 12.8 Å². The van der Waals surface area contributed by atoms with Gasteiger partial charge in [-0.1, -0.05) is 6.92 Å². The first kappa shape index (κ1) is 11.2. The number of hydrogen-bond donors (Lipinski definition) is 1. The van der Waals surface area contributed by atoms with Crippen LogP contribution in [0.25, 0.3) is 0 Å². The third kappa shape index (κ3) is 4.62. The molecule has 1 N–H and O–H groups in total. The lowest BCUT2D eigenvalue weighted by atomic mass is 10.1. The second-order valence-electron chi connectivity index (χ2n) is 2.87. The quantitative estimate of drug-likeness (QED) is 0.660. The molecule has 0 spiro atoms. The third-order valence-corrected chi connectivity index (χ3v) is 2.00. The molecule has 1 aliphatic heterocycles. The van der Waals surface area contributed by atoms with Crippen LogP contribution in [-0.2, 0) is 4.74 Å². The first-order valence-corrected chi connectivity index (χ1v) is 4.22. The zero-order valence-corrected chi connectivity index (χ0v) is 7.95. The van der Waals surface area contributed by atoms with Crippen LogP contribution in [0, 0.1) is 5.92 Å². The van der Waals surface area contributed by atoms with Gasteiger partial charge in [-0.2, -0.15) is 0 Å². The largest absolute Gasteiger partial charge is 0.381 e. The van der Waals surface area contributed by atoms with Crippen molar-refractivity contribution in [2.75, 3.05) is 26.3 Å². The molecule has 1 heterocycles. The maximum Gasteiger partial charge on any atom is 0.0495 e. The van der Waals surface area contributed by atoms with Crippen molar-refractivity contribution < 1.29 is 4.74 Å². The molecule has 0 aromatic rings. The number of ether oxygens (including phenoxy) is 1. The van der Waals surface area contributed by atoms with Crippen molar-refractivity contribution in [1.29, 1.82) is 0 Å². The van der Waals surface area contributed by atoms with E-state index in [4.69, 9.17) is 4.74 Å². The molecule has 0 aromatic heterocycles. The van der Waals surface area contributed by atoms with Gasteiger partial charge in [0.05, 0.1) is 0 Å². The van der Waals surface area contributed by atoms with Crippen molar-refractivity contribution in [1.82, 2.24) is 5.32 Å². The molecule has 1 saturated heterocycles. The predicted molar refractivity (Wildman–Crippen MR) is 49.3 cm³/mol. The molecule has 1 fully saturated rings. The van der Waals surface area contributed by atoms with Crippen molar-refractivity contribution in [3.63, 3.8) is 0 Å². The molecule has 0 aromatic carbocycles. The smallest absolute Gasteiger partial charge is 0.0495 e. The van der Waals surface area contributed by atoms with Crippen molar-refractivity contribution in [3.05, 3.63) is 0 Å². The Morgan fingerprint density at radius 2 is 2.36 bits per heavy atom. The Bertz CT molecular complexity index is 84.2. The molecule has 1 rings (SSSR count). The number of nitrogens with one attached hydrogen (secondary N) is 1. The minimum atomic E-state index is 0. The van der Waals surface area contributed by atoms with Gasteiger partial charge in [0.2, 0.25) is 0 Å². The summed E-state index contributed by atoms with van der Waals surface area (Å²) < 4.78 is 5.26. The highest BCUT2D eigenvalue weighted by molar-refractivity contribution is 5.85. The Labute approximate surface area is 75.1 Å². The fourth-order valence-corrected chi connectivity index (χ4v) is 1.29. The van der Waals surface area contributed by atoms with Gasteiger partial charge < -0.3 is 10.1 Å². The molecular formula is C8H18ClNO. The molecule has 0 radical (unpaired) electrons. The Hall–Kier alpha value is 0.210. The second kappa shape index (κ2) is 6.89. The summed E-state index contributed by atoms with van der Waals surface area (Å²) in [6.45, 7) is 6.37. The monoisotopic (exact) mass is 179 g/mol. The highest BCUT2D eigenvalue weighted by Crippen LogP contribution is 2.14. The lowest BCUT2D eigenvalue weighted by molar-refractivity contribution is 0.184. The first-order chi connectivity index (χ1) is 4.93. The summed E-state index contributed by atoms with van der Waals surface area (Å²) in [5.74, 6) is 0.832. The van der Waals surface area contributed by atoms with Crippen LogP contribution in [0.4, 0.5) is 0 Å². The van der Waals surface area contributed by atoms with Gasteiger partial charge in [0.25, 0.3) is 0 Å². The summed E-state index contributed by atoms with van der Waals surface area (Å²) in [5.41, 5.74) is 0. The number of rotatable bonds is 4. The maximum atomic E-state index is 5.26. The topological polar surface area (TPSA) is 21.3 Å². The molecule has 0 bridgehead atoms. The summed E-state index contributed by atoms with van der Waals surface area (Å²) >= 11 is 0. The highest BCUT2D eigenvalue weighted by Gasteiger charge is 2.13. The number of halogens is 1. The van der Waals surface area contributed by atoms with Crippen molar-refractivity contribution in [2.24, 2.45) is 5.92 Å². The van der Waals surface area contributed by atoms with Crippen LogP contribution in [0.2, 0.25) is 0 Å². The van der Waals surface area contributed by atoms with Gasteiger partial charge in [-0.15, -0.1) is 12.4 Å². The van der Waals surface area contributed by atoms with E-state index in [-0.39, 0.29) is 12.4 Å². The Balaban J connectivity index is 0.000001000. The normalized spacial score (nSPS) is 23.2. The second-order valence-corrected chi connectivity index (χ2v) is 2.87. The van der Waals surface area contributed by atoms with Crippen LogP contribution in [0.1, 0.15) is 19.8 Å². The summed E-state index contributed by atoms with van der Waals surface area (Å²) in [4.78, 5) is 0. The minimum absolute atomic E-state index is 0. The Kier molecular flexibility index (Phi) is 7.02. The van der Waals surface area contributed by atoms with Gasteiger partial charge in [0.15, 0.2) is 0 Å². The maximum absolute atomic E-state index is 5.26. The fraction of sp³-hybridized carbons (Fsp3) is 1.00. The Morgan fingerprint density at radius 3 is 2.91 bits per heavy atom. The third-order valence-electron chi connectivity index (χ3n) is 2.00. The molecule has 1 unspecified atom stereocenters. The molecular weight excluding hydrogens is 162 g/mol. The first-order valence-electron chi connectivity index (χ1n) is 4.22. The lowest BCUT2D eigenvalue weighted by Crippen LogP contribution is -2.17. The zero-order chi connectivity index (χ0) is 7.23. The van der Waals surface area contributed by atoms with E-state index in [1.54, 1.807) is 0 Å². The van der Waals surface area contributed by atoms with Gasteiger partial charge in [0, 0.05) is 13.2 Å². The van der Waals surface area contributed by atoms with Crippen LogP contribution in [0.15, 0.2) is 0 Å². The van der Waals surface area contributed by atoms with Crippen LogP contribution < -0.4 is 5.32 Å². The number of hydrogen-bond acceptors (Lipinski definition) is 2. The molecule has 0 aliphatic carbocycles. The zero-order valence-electron chi connectivity index (χ0n) is 7.14. The molecule has 1 aliphatic rings. The average Bonchev–Trinajstić information content (AvgIpc) is 2.41. The van der Waals surface area contributed by atoms with Gasteiger partial charge in [0.1, 0.15) is 0 Å². The fourth-order valence-electron chi connectivity index (χ4n) is 1.29. The minimum Gasteiger partial charge on any atom is -0.381 e. The molecule has 0 saturated carbocycles. The van der Waals surface area contributed by atoms with Gasteiger partial charge in [-0.3, -0.25) is 0 Å². The Morgan fingerprint density at radius 1 is 1.55 bits per heavy atom. The van der Waals surface area contributed by atoms with E-state index >= 15 is 0 Å². The van der Waals surface area contributed by atoms with Crippen molar-refractivity contribution in [3.8, 4) is 0 Å². The van der Waals surface area contributed by atoms with E-state index in [2.05, 4.69) is 12.2 Å². The lowest BCUT2D eigenvalue weighted by Gasteiger charge is -2.06. The summed E-state index contributed by atoms with van der Waals surface area (Å²) in [7, 11) is 0. The predicted octanol–water partition coefficient (Wildman–Crippen LogP) is 1.44. The van der Waals surface area contributed by atoms with Gasteiger partial charge in [-0.05, 0) is 31.8 Å². The average molecular weight is 180 g/mol. The van der Waals surface area contributed by atoms with Crippen LogP contribution in [-0.4, -0.2) is 26.3 Å². The summed E-state index contributed by atoms with van der Waals surface area (Å²) in [6, 6.07) is 0. The standard InChI is InChI=1S/C8H17NO.ClH/c1-2-9-5-3-8-4-6-10-7-8;/h8-9H,2-7H2,1H3;1H. The van der Waals surface area contributed by atoms with E-state index in [1.807, 2.05) is 0 Å². The molecule has 2 nitrogen and oxygen atoms in total. The van der Waals surface area contributed by atoms with Crippen molar-refractivity contribution in [2.45, 2.75) is 19.8 Å². The highest BCUT2D eigenvalue weighted by atomic mass is 35.5. The summed E-state index contributed by atoms with van der Waals surface area (Å²) in [6.07, 6.45) is 2.55. The van der Waals surface area contributed by atoms with Crippen LogP contribution in [0.3, 0.4) is 0 Å². The summed E-state index contributed by atoms with van der Waals surface area (Å²) in [5, 5.41) is 3.32. The molecule has 0 amide bonds. The van der Waals surface area contributed by atoms with E-state index in [0.717, 1.165) is 32.2 Å². The van der Waals surface area contributed by atoms with Crippen LogP contribution >= 0.6 is 12.4 Å². The van der Waals surface area contributed by atoms with E-state index < -0.39 is 0 Å². The van der Waals surface area contributed by atoms with E-state index in [9.17, 15) is 0 Å². The van der Waals surface area contributed by atoms with Crippen LogP contribution in [0.5, 0.6) is 0 Å². The molecule has 3 heteroatoms. The van der Waals surface area contributed by atoms with E-state index in [0.29, 0.717) is 0 Å². The molecule has 1 atom stereocenters. The van der Waals surface area contributed by atoms with Crippen molar-refractivity contribution >= 4 is 12.4 Å². The SMILES string of the molecule is CCNCCC1CCOC1.Cl. The molecule has 11 heavy (non-hydrogen) atoms. The molecule has 68 valence electrons.